The second-order valence-electron chi connectivity index (χ2n) is 6.76. The van der Waals surface area contributed by atoms with Crippen molar-refractivity contribution in [3.8, 4) is 5.75 Å². The molecule has 2 aliphatic rings. The summed E-state index contributed by atoms with van der Waals surface area (Å²) in [6.07, 6.45) is 0. The maximum atomic E-state index is 12.8. The van der Waals surface area contributed by atoms with Gasteiger partial charge in [0.05, 0.1) is 5.55 Å². The van der Waals surface area contributed by atoms with Gasteiger partial charge < -0.3 is 27.1 Å². The highest BCUT2D eigenvalue weighted by Crippen LogP contribution is 2.40. The summed E-state index contributed by atoms with van der Waals surface area (Å²) in [5.41, 5.74) is 9.25. The van der Waals surface area contributed by atoms with E-state index in [0.29, 0.717) is 28.2 Å². The molecule has 0 saturated carbocycles. The lowest BCUT2D eigenvalue weighted by molar-refractivity contribution is -0.150. The molecule has 10 nitrogen and oxygen atoms in total. The first-order chi connectivity index (χ1) is 14.3. The number of thioether (sulfide) groups is 2. The number of amides is 2. The molecular weight excluding hydrogens is 430 g/mol. The Kier molecular flexibility index (Phi) is 6.58. The number of carboxylic acid groups (broad SMARTS) is 1. The standard InChI is InChI=1S/C18H21N5O5S2/c1-8-5-30-17-13(16(26)23(17)14(8)18(27)28)22-15(25)12(19)11-3-2-10(24)4-9(11)6-29-7-21-20/h2-4,7,12-13,17,24H,5-6,19-20H2,1H3,(H,22,25)(H,27,28). The maximum absolute atomic E-state index is 12.8. The van der Waals surface area contributed by atoms with E-state index in [4.69, 9.17) is 11.6 Å². The van der Waals surface area contributed by atoms with Crippen LogP contribution in [0.3, 0.4) is 0 Å². The Morgan fingerprint density at radius 2 is 2.23 bits per heavy atom. The van der Waals surface area contributed by atoms with Crippen LogP contribution in [0.2, 0.25) is 0 Å². The molecule has 2 amide bonds. The average molecular weight is 452 g/mol. The number of phenols is 1. The van der Waals surface area contributed by atoms with E-state index in [1.807, 2.05) is 0 Å². The molecule has 160 valence electrons. The highest BCUT2D eigenvalue weighted by molar-refractivity contribution is 8.11. The number of rotatable bonds is 7. The molecule has 1 fully saturated rings. The quantitative estimate of drug-likeness (QED) is 0.128. The Morgan fingerprint density at radius 3 is 2.90 bits per heavy atom. The Morgan fingerprint density at radius 1 is 1.50 bits per heavy atom. The van der Waals surface area contributed by atoms with E-state index >= 15 is 0 Å². The SMILES string of the molecule is CC1=C(C(=O)O)N2C(=O)C(NC(=O)C(N)c3ccc(O)cc3CSC=NN)C2SC1. The lowest BCUT2D eigenvalue weighted by atomic mass is 9.99. The first kappa shape index (κ1) is 22.0. The van der Waals surface area contributed by atoms with Gasteiger partial charge in [0, 0.05) is 11.5 Å². The van der Waals surface area contributed by atoms with E-state index < -0.39 is 35.2 Å². The van der Waals surface area contributed by atoms with Crippen molar-refractivity contribution < 1.29 is 24.6 Å². The number of fused-ring (bicyclic) bond motifs is 1. The van der Waals surface area contributed by atoms with Crippen LogP contribution in [0.15, 0.2) is 34.6 Å². The number of hydrogen-bond donors (Lipinski definition) is 5. The highest BCUT2D eigenvalue weighted by atomic mass is 32.2. The molecular formula is C18H21N5O5S2. The van der Waals surface area contributed by atoms with Crippen molar-refractivity contribution in [3.63, 3.8) is 0 Å². The largest absolute Gasteiger partial charge is 0.508 e. The minimum Gasteiger partial charge on any atom is -0.508 e. The van der Waals surface area contributed by atoms with Crippen molar-refractivity contribution in [1.82, 2.24) is 10.2 Å². The summed E-state index contributed by atoms with van der Waals surface area (Å²) in [5, 5.41) is 24.7. The zero-order valence-corrected chi connectivity index (χ0v) is 17.6. The van der Waals surface area contributed by atoms with Gasteiger partial charge in [-0.15, -0.1) is 23.5 Å². The molecule has 12 heteroatoms. The molecule has 2 aliphatic heterocycles. The van der Waals surface area contributed by atoms with Crippen LogP contribution in [-0.4, -0.2) is 55.6 Å². The first-order valence-electron chi connectivity index (χ1n) is 8.85. The number of nitrogens with one attached hydrogen (secondary N) is 1. The molecule has 3 unspecified atom stereocenters. The lowest BCUT2D eigenvalue weighted by Gasteiger charge is -2.49. The third-order valence-corrected chi connectivity index (χ3v) is 6.95. The molecule has 2 heterocycles. The van der Waals surface area contributed by atoms with Crippen LogP contribution in [0.1, 0.15) is 24.1 Å². The van der Waals surface area contributed by atoms with Crippen molar-refractivity contribution in [1.29, 1.82) is 0 Å². The fraction of sp³-hybridized carbons (Fsp3) is 0.333. The van der Waals surface area contributed by atoms with Gasteiger partial charge in [-0.25, -0.2) is 4.79 Å². The Bertz CT molecular complexity index is 951. The average Bonchev–Trinajstić information content (AvgIpc) is 2.71. The third-order valence-electron chi connectivity index (χ3n) is 4.78. The number of aromatic hydroxyl groups is 1. The molecule has 1 saturated heterocycles. The number of hydrogen-bond acceptors (Lipinski definition) is 9. The Labute approximate surface area is 180 Å². The summed E-state index contributed by atoms with van der Waals surface area (Å²) in [6, 6.07) is 2.54. The van der Waals surface area contributed by atoms with Crippen LogP contribution in [0, 0.1) is 0 Å². The summed E-state index contributed by atoms with van der Waals surface area (Å²) in [7, 11) is 0. The minimum atomic E-state index is -1.17. The number of aliphatic carboxylic acids is 1. The van der Waals surface area contributed by atoms with E-state index in [0.717, 1.165) is 0 Å². The van der Waals surface area contributed by atoms with Crippen molar-refractivity contribution in [2.24, 2.45) is 16.7 Å². The maximum Gasteiger partial charge on any atom is 0.352 e. The van der Waals surface area contributed by atoms with Gasteiger partial charge in [-0.2, -0.15) is 5.10 Å². The first-order valence-corrected chi connectivity index (χ1v) is 10.9. The van der Waals surface area contributed by atoms with E-state index in [-0.39, 0.29) is 11.4 Å². The van der Waals surface area contributed by atoms with Crippen LogP contribution < -0.4 is 16.9 Å². The zero-order chi connectivity index (χ0) is 22.0. The number of nitrogens with zero attached hydrogens (tertiary/aromatic N) is 2. The van der Waals surface area contributed by atoms with Gasteiger partial charge in [0.2, 0.25) is 5.91 Å². The van der Waals surface area contributed by atoms with Gasteiger partial charge in [-0.1, -0.05) is 6.07 Å². The monoisotopic (exact) mass is 451 g/mol. The molecule has 0 spiro atoms. The zero-order valence-electron chi connectivity index (χ0n) is 15.9. The number of benzene rings is 1. The van der Waals surface area contributed by atoms with Gasteiger partial charge in [0.15, 0.2) is 0 Å². The molecule has 3 rings (SSSR count). The van der Waals surface area contributed by atoms with Crippen molar-refractivity contribution in [3.05, 3.63) is 40.6 Å². The van der Waals surface area contributed by atoms with Gasteiger partial charge in [0.25, 0.3) is 5.91 Å². The molecule has 7 N–H and O–H groups in total. The Hall–Kier alpha value is -2.70. The predicted molar refractivity (Wildman–Crippen MR) is 114 cm³/mol. The molecule has 1 aromatic carbocycles. The van der Waals surface area contributed by atoms with Crippen LogP contribution in [0.5, 0.6) is 5.75 Å². The topological polar surface area (TPSA) is 171 Å². The molecule has 30 heavy (non-hydrogen) atoms. The molecule has 0 aromatic heterocycles. The van der Waals surface area contributed by atoms with E-state index in [1.54, 1.807) is 13.0 Å². The van der Waals surface area contributed by atoms with Gasteiger partial charge in [-0.05, 0) is 35.8 Å². The smallest absolute Gasteiger partial charge is 0.352 e. The molecule has 3 atom stereocenters. The van der Waals surface area contributed by atoms with E-state index in [1.165, 1.54) is 46.1 Å². The molecule has 0 aliphatic carbocycles. The minimum absolute atomic E-state index is 0.0263. The van der Waals surface area contributed by atoms with Gasteiger partial charge in [-0.3, -0.25) is 14.5 Å². The van der Waals surface area contributed by atoms with E-state index in [2.05, 4.69) is 10.4 Å². The normalized spacial score (nSPS) is 21.9. The predicted octanol–water partition coefficient (Wildman–Crippen LogP) is 0.286. The number of carboxylic acids is 1. The number of carbonyl (C=O) groups is 3. The van der Waals surface area contributed by atoms with Gasteiger partial charge in [0.1, 0.15) is 28.9 Å². The van der Waals surface area contributed by atoms with Crippen LogP contribution >= 0.6 is 23.5 Å². The van der Waals surface area contributed by atoms with Gasteiger partial charge >= 0.3 is 5.97 Å². The highest BCUT2D eigenvalue weighted by Gasteiger charge is 2.53. The molecule has 0 radical (unpaired) electrons. The van der Waals surface area contributed by atoms with Crippen LogP contribution in [-0.2, 0) is 20.1 Å². The molecule has 1 aromatic rings. The lowest BCUT2D eigenvalue weighted by Crippen LogP contribution is -2.71. The van der Waals surface area contributed by atoms with Crippen LogP contribution in [0.4, 0.5) is 0 Å². The number of carbonyl (C=O) groups excluding carboxylic acids is 2. The summed E-state index contributed by atoms with van der Waals surface area (Å²) in [5.74, 6) is 3.73. The summed E-state index contributed by atoms with van der Waals surface area (Å²) in [6.45, 7) is 1.67. The fourth-order valence-electron chi connectivity index (χ4n) is 3.35. The Balaban J connectivity index is 1.73. The van der Waals surface area contributed by atoms with E-state index in [9.17, 15) is 24.6 Å². The number of phenolic OH excluding ortho intramolecular Hbond substituents is 1. The summed E-state index contributed by atoms with van der Waals surface area (Å²) >= 11 is 2.65. The second kappa shape index (κ2) is 8.98. The van der Waals surface area contributed by atoms with Crippen molar-refractivity contribution >= 4 is 46.9 Å². The van der Waals surface area contributed by atoms with Crippen molar-refractivity contribution in [2.75, 3.05) is 5.75 Å². The third kappa shape index (κ3) is 4.11. The second-order valence-corrected chi connectivity index (χ2v) is 8.69. The summed E-state index contributed by atoms with van der Waals surface area (Å²) < 4.78 is 0. The number of β-lactam (4-membered cyclic amide) rings is 1. The van der Waals surface area contributed by atoms with Crippen LogP contribution in [0.25, 0.3) is 0 Å². The van der Waals surface area contributed by atoms with Crippen molar-refractivity contribution in [2.45, 2.75) is 30.1 Å². The number of hydrazone groups is 1. The number of nitrogens with two attached hydrogens (primary N) is 2. The summed E-state index contributed by atoms with van der Waals surface area (Å²) in [4.78, 5) is 38.0. The molecule has 0 bridgehead atoms. The fourth-order valence-corrected chi connectivity index (χ4v) is 5.23.